The molecular weight excluding hydrogens is 388 g/mol. The molecule has 1 aromatic heterocycles. The first-order valence-electron chi connectivity index (χ1n) is 9.90. The van der Waals surface area contributed by atoms with E-state index in [-0.39, 0.29) is 18.9 Å². The molecule has 0 spiro atoms. The van der Waals surface area contributed by atoms with Crippen LogP contribution >= 0.6 is 11.3 Å². The fourth-order valence-corrected chi connectivity index (χ4v) is 4.73. The topological polar surface area (TPSA) is 84.5 Å². The number of benzene rings is 1. The van der Waals surface area contributed by atoms with Crippen molar-refractivity contribution in [3.63, 3.8) is 0 Å². The third kappa shape index (κ3) is 5.03. The van der Waals surface area contributed by atoms with Crippen LogP contribution in [0.25, 0.3) is 0 Å². The molecule has 6 nitrogen and oxygen atoms in total. The van der Waals surface area contributed by atoms with E-state index in [9.17, 15) is 14.4 Å². The van der Waals surface area contributed by atoms with Crippen molar-refractivity contribution in [2.75, 3.05) is 11.9 Å². The van der Waals surface area contributed by atoms with Crippen molar-refractivity contribution in [3.8, 4) is 0 Å². The largest absolute Gasteiger partial charge is 0.450 e. The summed E-state index contributed by atoms with van der Waals surface area (Å²) in [6.07, 6.45) is 2.06. The van der Waals surface area contributed by atoms with Crippen molar-refractivity contribution in [2.24, 2.45) is 0 Å². The number of thiophene rings is 1. The van der Waals surface area contributed by atoms with Crippen LogP contribution in [0.4, 0.5) is 9.80 Å². The molecule has 154 valence electrons. The predicted molar refractivity (Wildman–Crippen MR) is 114 cm³/mol. The number of rotatable bonds is 6. The van der Waals surface area contributed by atoms with Gasteiger partial charge in [-0.1, -0.05) is 38.1 Å². The Morgan fingerprint density at radius 1 is 1.14 bits per heavy atom. The number of aryl methyl sites for hydroxylation is 1. The number of nitrogens with one attached hydrogen (secondary N) is 2. The Bertz CT molecular complexity index is 916. The fourth-order valence-electron chi connectivity index (χ4n) is 3.43. The predicted octanol–water partition coefficient (Wildman–Crippen LogP) is 4.43. The summed E-state index contributed by atoms with van der Waals surface area (Å²) >= 11 is 1.42. The van der Waals surface area contributed by atoms with Crippen LogP contribution in [0.1, 0.15) is 65.0 Å². The summed E-state index contributed by atoms with van der Waals surface area (Å²) in [4.78, 5) is 38.0. The minimum Gasteiger partial charge on any atom is -0.450 e. The molecule has 0 radical (unpaired) electrons. The summed E-state index contributed by atoms with van der Waals surface area (Å²) in [6, 6.07) is 7.98. The van der Waals surface area contributed by atoms with Crippen molar-refractivity contribution >= 4 is 34.2 Å². The van der Waals surface area contributed by atoms with Gasteiger partial charge in [0.25, 0.3) is 5.91 Å². The van der Waals surface area contributed by atoms with Crippen molar-refractivity contribution in [1.82, 2.24) is 5.32 Å². The highest BCUT2D eigenvalue weighted by molar-refractivity contribution is 7.17. The first-order chi connectivity index (χ1) is 13.9. The second-order valence-electron chi connectivity index (χ2n) is 7.36. The number of fused-ring (bicyclic) bond motifs is 1. The SMILES string of the molecule is CCOC(=O)NC(=O)c1c(NC(=O)Cc2ccc(C(C)C)cc2)sc2c1CCC2. The van der Waals surface area contributed by atoms with E-state index in [2.05, 4.69) is 24.5 Å². The van der Waals surface area contributed by atoms with Gasteiger partial charge >= 0.3 is 6.09 Å². The van der Waals surface area contributed by atoms with Gasteiger partial charge in [-0.3, -0.25) is 14.9 Å². The average molecular weight is 415 g/mol. The van der Waals surface area contributed by atoms with E-state index < -0.39 is 12.0 Å². The van der Waals surface area contributed by atoms with Gasteiger partial charge < -0.3 is 10.1 Å². The molecule has 0 atom stereocenters. The summed E-state index contributed by atoms with van der Waals surface area (Å²) in [5, 5.41) is 5.63. The van der Waals surface area contributed by atoms with Crippen LogP contribution in [-0.2, 0) is 28.8 Å². The third-order valence-electron chi connectivity index (χ3n) is 4.90. The van der Waals surface area contributed by atoms with Gasteiger partial charge in [0.2, 0.25) is 5.91 Å². The van der Waals surface area contributed by atoms with Crippen molar-refractivity contribution in [1.29, 1.82) is 0 Å². The number of hydrogen-bond acceptors (Lipinski definition) is 5. The summed E-state index contributed by atoms with van der Waals surface area (Å²) in [7, 11) is 0. The number of anilines is 1. The maximum absolute atomic E-state index is 12.7. The summed E-state index contributed by atoms with van der Waals surface area (Å²) in [5.74, 6) is -0.279. The molecular formula is C22H26N2O4S. The Balaban J connectivity index is 1.74. The molecule has 1 aromatic carbocycles. The van der Waals surface area contributed by atoms with Crippen LogP contribution in [0.15, 0.2) is 24.3 Å². The molecule has 0 aliphatic heterocycles. The number of carbonyl (C=O) groups excluding carboxylic acids is 3. The Morgan fingerprint density at radius 2 is 1.86 bits per heavy atom. The van der Waals surface area contributed by atoms with Crippen LogP contribution in [0.5, 0.6) is 0 Å². The van der Waals surface area contributed by atoms with Crippen LogP contribution in [0.3, 0.4) is 0 Å². The van der Waals surface area contributed by atoms with E-state index in [1.54, 1.807) is 6.92 Å². The van der Waals surface area contributed by atoms with E-state index in [1.165, 1.54) is 16.9 Å². The van der Waals surface area contributed by atoms with Crippen LogP contribution < -0.4 is 10.6 Å². The number of imide groups is 1. The van der Waals surface area contributed by atoms with Gasteiger partial charge in [-0.15, -0.1) is 11.3 Å². The van der Waals surface area contributed by atoms with E-state index in [0.29, 0.717) is 16.5 Å². The smallest absolute Gasteiger partial charge is 0.414 e. The lowest BCUT2D eigenvalue weighted by molar-refractivity contribution is -0.115. The zero-order chi connectivity index (χ0) is 21.0. The van der Waals surface area contributed by atoms with Crippen LogP contribution in [0.2, 0.25) is 0 Å². The van der Waals surface area contributed by atoms with Crippen LogP contribution in [-0.4, -0.2) is 24.5 Å². The first-order valence-corrected chi connectivity index (χ1v) is 10.7. The molecule has 2 aromatic rings. The minimum absolute atomic E-state index is 0.181. The van der Waals surface area contributed by atoms with E-state index in [0.717, 1.165) is 35.3 Å². The molecule has 3 amide bonds. The molecule has 2 N–H and O–H groups in total. The maximum Gasteiger partial charge on any atom is 0.414 e. The third-order valence-corrected chi connectivity index (χ3v) is 6.11. The zero-order valence-electron chi connectivity index (χ0n) is 17.0. The maximum atomic E-state index is 12.7. The Morgan fingerprint density at radius 3 is 2.52 bits per heavy atom. The lowest BCUT2D eigenvalue weighted by Gasteiger charge is -2.10. The molecule has 29 heavy (non-hydrogen) atoms. The van der Waals surface area contributed by atoms with Crippen molar-refractivity contribution in [2.45, 2.75) is 52.4 Å². The van der Waals surface area contributed by atoms with Crippen molar-refractivity contribution in [3.05, 3.63) is 51.4 Å². The molecule has 0 bridgehead atoms. The molecule has 0 fully saturated rings. The van der Waals surface area contributed by atoms with Gasteiger partial charge in [0, 0.05) is 4.88 Å². The molecule has 1 heterocycles. The second-order valence-corrected chi connectivity index (χ2v) is 8.46. The highest BCUT2D eigenvalue weighted by Gasteiger charge is 2.28. The van der Waals surface area contributed by atoms with Gasteiger partial charge in [-0.2, -0.15) is 0 Å². The van der Waals surface area contributed by atoms with E-state index >= 15 is 0 Å². The quantitative estimate of drug-likeness (QED) is 0.732. The van der Waals surface area contributed by atoms with Gasteiger partial charge in [-0.05, 0) is 48.8 Å². The first kappa shape index (κ1) is 21.0. The number of ether oxygens (including phenoxy) is 1. The standard InChI is InChI=1S/C22H26N2O4S/c1-4-28-22(27)24-20(26)19-16-6-5-7-17(16)29-21(19)23-18(25)12-14-8-10-15(11-9-14)13(2)3/h8-11,13H,4-7,12H2,1-3H3,(H,23,25)(H,24,26,27). The summed E-state index contributed by atoms with van der Waals surface area (Å²) in [6.45, 7) is 6.10. The van der Waals surface area contributed by atoms with E-state index in [1.807, 2.05) is 24.3 Å². The monoisotopic (exact) mass is 414 g/mol. The van der Waals surface area contributed by atoms with Gasteiger partial charge in [0.15, 0.2) is 0 Å². The summed E-state index contributed by atoms with van der Waals surface area (Å²) in [5.41, 5.74) is 3.45. The number of amides is 3. The van der Waals surface area contributed by atoms with Gasteiger partial charge in [0.05, 0.1) is 18.6 Å². The highest BCUT2D eigenvalue weighted by atomic mass is 32.1. The molecule has 3 rings (SSSR count). The van der Waals surface area contributed by atoms with Crippen LogP contribution in [0, 0.1) is 0 Å². The Kier molecular flexibility index (Phi) is 6.69. The molecule has 0 saturated carbocycles. The van der Waals surface area contributed by atoms with E-state index in [4.69, 9.17) is 4.74 Å². The Labute approximate surface area is 174 Å². The number of carbonyl (C=O) groups is 3. The fraction of sp³-hybridized carbons (Fsp3) is 0.409. The number of alkyl carbamates (subject to hydrolysis) is 1. The lowest BCUT2D eigenvalue weighted by atomic mass is 10.0. The zero-order valence-corrected chi connectivity index (χ0v) is 17.8. The molecule has 0 unspecified atom stereocenters. The second kappa shape index (κ2) is 9.22. The summed E-state index contributed by atoms with van der Waals surface area (Å²) < 4.78 is 4.80. The molecule has 0 saturated heterocycles. The highest BCUT2D eigenvalue weighted by Crippen LogP contribution is 2.39. The van der Waals surface area contributed by atoms with Gasteiger partial charge in [0.1, 0.15) is 5.00 Å². The van der Waals surface area contributed by atoms with Gasteiger partial charge in [-0.25, -0.2) is 4.79 Å². The molecule has 7 heteroatoms. The minimum atomic E-state index is -0.780. The molecule has 1 aliphatic carbocycles. The molecule has 1 aliphatic rings. The normalized spacial score (nSPS) is 12.6. The average Bonchev–Trinajstić information content (AvgIpc) is 3.22. The Hall–Kier alpha value is -2.67. The van der Waals surface area contributed by atoms with Crippen molar-refractivity contribution < 1.29 is 19.1 Å². The lowest BCUT2D eigenvalue weighted by Crippen LogP contribution is -2.32. The number of hydrogen-bond donors (Lipinski definition) is 2.